The third-order valence-electron chi connectivity index (χ3n) is 2.72. The SMILES string of the molecule is C=C1CC(C2=CC=CCC2)NC1=C. The van der Waals surface area contributed by atoms with Gasteiger partial charge in [-0.1, -0.05) is 31.4 Å². The van der Waals surface area contributed by atoms with Crippen molar-refractivity contribution < 1.29 is 0 Å². The van der Waals surface area contributed by atoms with Crippen LogP contribution in [0.25, 0.3) is 0 Å². The van der Waals surface area contributed by atoms with Crippen molar-refractivity contribution in [3.05, 3.63) is 48.2 Å². The van der Waals surface area contributed by atoms with E-state index in [0.29, 0.717) is 6.04 Å². The quantitative estimate of drug-likeness (QED) is 0.643. The maximum absolute atomic E-state index is 3.97. The van der Waals surface area contributed by atoms with Gasteiger partial charge >= 0.3 is 0 Å². The average Bonchev–Trinajstić information content (AvgIpc) is 2.49. The van der Waals surface area contributed by atoms with Crippen molar-refractivity contribution in [2.24, 2.45) is 0 Å². The highest BCUT2D eigenvalue weighted by Crippen LogP contribution is 2.27. The van der Waals surface area contributed by atoms with Crippen molar-refractivity contribution in [3.63, 3.8) is 0 Å². The molecule has 0 amide bonds. The molecule has 1 atom stereocenters. The molecule has 0 aromatic rings. The summed E-state index contributed by atoms with van der Waals surface area (Å²) in [6, 6.07) is 0.463. The van der Waals surface area contributed by atoms with Crippen LogP contribution in [0.5, 0.6) is 0 Å². The Bertz CT molecular complexity index is 291. The van der Waals surface area contributed by atoms with E-state index in [-0.39, 0.29) is 0 Å². The second kappa shape index (κ2) is 3.25. The molecule has 0 saturated carbocycles. The van der Waals surface area contributed by atoms with Crippen molar-refractivity contribution in [1.29, 1.82) is 0 Å². The summed E-state index contributed by atoms with van der Waals surface area (Å²) < 4.78 is 0. The van der Waals surface area contributed by atoms with Crippen LogP contribution in [-0.4, -0.2) is 6.04 Å². The molecule has 1 fully saturated rings. The van der Waals surface area contributed by atoms with Gasteiger partial charge in [-0.3, -0.25) is 0 Å². The molecular formula is C12H15N. The molecular weight excluding hydrogens is 158 g/mol. The fourth-order valence-corrected chi connectivity index (χ4v) is 1.87. The molecule has 1 heteroatoms. The summed E-state index contributed by atoms with van der Waals surface area (Å²) in [4.78, 5) is 0. The van der Waals surface area contributed by atoms with Gasteiger partial charge in [-0.05, 0) is 30.4 Å². The Hall–Kier alpha value is -1.24. The van der Waals surface area contributed by atoms with Gasteiger partial charge in [0, 0.05) is 5.70 Å². The monoisotopic (exact) mass is 173 g/mol. The Labute approximate surface area is 79.5 Å². The zero-order valence-electron chi connectivity index (χ0n) is 7.84. The molecule has 2 aliphatic rings. The van der Waals surface area contributed by atoms with Gasteiger partial charge in [-0.25, -0.2) is 0 Å². The minimum Gasteiger partial charge on any atom is -0.378 e. The molecule has 0 bridgehead atoms. The third kappa shape index (κ3) is 1.59. The van der Waals surface area contributed by atoms with E-state index in [2.05, 4.69) is 36.7 Å². The molecule has 1 aliphatic heterocycles. The lowest BCUT2D eigenvalue weighted by atomic mass is 9.96. The van der Waals surface area contributed by atoms with E-state index in [1.165, 1.54) is 18.4 Å². The lowest BCUT2D eigenvalue weighted by Crippen LogP contribution is -2.22. The number of nitrogens with one attached hydrogen (secondary N) is 1. The highest BCUT2D eigenvalue weighted by molar-refractivity contribution is 5.37. The molecule has 1 saturated heterocycles. The van der Waals surface area contributed by atoms with Crippen LogP contribution in [0.1, 0.15) is 19.3 Å². The van der Waals surface area contributed by atoms with E-state index in [1.54, 1.807) is 0 Å². The fraction of sp³-hybridized carbons (Fsp3) is 0.333. The number of allylic oxidation sites excluding steroid dienone is 4. The zero-order valence-corrected chi connectivity index (χ0v) is 7.84. The second-order valence-corrected chi connectivity index (χ2v) is 3.69. The van der Waals surface area contributed by atoms with Crippen molar-refractivity contribution in [2.75, 3.05) is 0 Å². The van der Waals surface area contributed by atoms with Gasteiger partial charge in [0.1, 0.15) is 0 Å². The Morgan fingerprint density at radius 3 is 2.77 bits per heavy atom. The summed E-state index contributed by atoms with van der Waals surface area (Å²) in [7, 11) is 0. The van der Waals surface area contributed by atoms with Crippen LogP contribution in [0.4, 0.5) is 0 Å². The molecule has 1 unspecified atom stereocenters. The van der Waals surface area contributed by atoms with Crippen LogP contribution in [0.2, 0.25) is 0 Å². The first kappa shape index (κ1) is 8.36. The van der Waals surface area contributed by atoms with E-state index in [0.717, 1.165) is 17.7 Å². The number of hydrogen-bond acceptors (Lipinski definition) is 1. The number of rotatable bonds is 1. The molecule has 1 heterocycles. The summed E-state index contributed by atoms with van der Waals surface area (Å²) in [5.74, 6) is 0. The van der Waals surface area contributed by atoms with Gasteiger partial charge < -0.3 is 5.32 Å². The Morgan fingerprint density at radius 1 is 1.38 bits per heavy atom. The smallest absolute Gasteiger partial charge is 0.0517 e. The Balaban J connectivity index is 2.11. The molecule has 13 heavy (non-hydrogen) atoms. The summed E-state index contributed by atoms with van der Waals surface area (Å²) in [6.07, 6.45) is 9.94. The second-order valence-electron chi connectivity index (χ2n) is 3.69. The van der Waals surface area contributed by atoms with Crippen LogP contribution in [0.3, 0.4) is 0 Å². The Morgan fingerprint density at radius 2 is 2.23 bits per heavy atom. The van der Waals surface area contributed by atoms with E-state index < -0.39 is 0 Å². The highest BCUT2D eigenvalue weighted by Gasteiger charge is 2.23. The molecule has 2 rings (SSSR count). The van der Waals surface area contributed by atoms with Crippen LogP contribution >= 0.6 is 0 Å². The minimum atomic E-state index is 0.463. The van der Waals surface area contributed by atoms with Crippen molar-refractivity contribution in [3.8, 4) is 0 Å². The van der Waals surface area contributed by atoms with E-state index in [1.807, 2.05) is 0 Å². The fourth-order valence-electron chi connectivity index (χ4n) is 1.87. The first-order valence-corrected chi connectivity index (χ1v) is 4.76. The van der Waals surface area contributed by atoms with Gasteiger partial charge in [0.2, 0.25) is 0 Å². The van der Waals surface area contributed by atoms with Crippen LogP contribution in [-0.2, 0) is 0 Å². The van der Waals surface area contributed by atoms with Gasteiger partial charge in [-0.15, -0.1) is 0 Å². The largest absolute Gasteiger partial charge is 0.378 e. The van der Waals surface area contributed by atoms with Crippen LogP contribution in [0.15, 0.2) is 48.2 Å². The first-order valence-electron chi connectivity index (χ1n) is 4.76. The predicted molar refractivity (Wildman–Crippen MR) is 56.3 cm³/mol. The molecule has 68 valence electrons. The lowest BCUT2D eigenvalue weighted by Gasteiger charge is -2.16. The Kier molecular flexibility index (Phi) is 2.09. The summed E-state index contributed by atoms with van der Waals surface area (Å²) in [6.45, 7) is 7.90. The van der Waals surface area contributed by atoms with Gasteiger partial charge in [0.15, 0.2) is 0 Å². The summed E-state index contributed by atoms with van der Waals surface area (Å²) in [5.41, 5.74) is 3.66. The topological polar surface area (TPSA) is 12.0 Å². The maximum Gasteiger partial charge on any atom is 0.0517 e. The molecule has 1 N–H and O–H groups in total. The van der Waals surface area contributed by atoms with Crippen LogP contribution in [0, 0.1) is 0 Å². The summed E-state index contributed by atoms with van der Waals surface area (Å²) in [5, 5.41) is 3.38. The van der Waals surface area contributed by atoms with Gasteiger partial charge in [0.25, 0.3) is 0 Å². The van der Waals surface area contributed by atoms with Gasteiger partial charge in [-0.2, -0.15) is 0 Å². The van der Waals surface area contributed by atoms with Crippen LogP contribution < -0.4 is 5.32 Å². The van der Waals surface area contributed by atoms with E-state index in [4.69, 9.17) is 0 Å². The standard InChI is InChI=1S/C12H15N/c1-9-8-12(13-10(9)2)11-6-4-3-5-7-11/h3-4,6,12-13H,1-2,5,7-8H2. The molecule has 0 aromatic heterocycles. The first-order chi connectivity index (χ1) is 6.27. The molecule has 1 aliphatic carbocycles. The van der Waals surface area contributed by atoms with Gasteiger partial charge in [0.05, 0.1) is 6.04 Å². The highest BCUT2D eigenvalue weighted by atomic mass is 15.0. The average molecular weight is 173 g/mol. The van der Waals surface area contributed by atoms with Crippen molar-refractivity contribution in [1.82, 2.24) is 5.32 Å². The molecule has 1 nitrogen and oxygen atoms in total. The van der Waals surface area contributed by atoms with Crippen molar-refractivity contribution in [2.45, 2.75) is 25.3 Å². The lowest BCUT2D eigenvalue weighted by molar-refractivity contribution is 0.679. The normalized spacial score (nSPS) is 27.4. The van der Waals surface area contributed by atoms with E-state index >= 15 is 0 Å². The van der Waals surface area contributed by atoms with E-state index in [9.17, 15) is 0 Å². The number of hydrogen-bond donors (Lipinski definition) is 1. The molecule has 0 radical (unpaired) electrons. The summed E-state index contributed by atoms with van der Waals surface area (Å²) >= 11 is 0. The zero-order chi connectivity index (χ0) is 9.26. The minimum absolute atomic E-state index is 0.463. The molecule has 0 spiro atoms. The predicted octanol–water partition coefficient (Wildman–Crippen LogP) is 2.69. The molecule has 0 aromatic carbocycles. The maximum atomic E-state index is 3.97. The van der Waals surface area contributed by atoms with Crippen molar-refractivity contribution >= 4 is 0 Å². The third-order valence-corrected chi connectivity index (χ3v) is 2.72.